The fourth-order valence-electron chi connectivity index (χ4n) is 6.19. The molecular weight excluding hydrogens is 384 g/mol. The normalized spacial score (nSPS) is 42.1. The summed E-state index contributed by atoms with van der Waals surface area (Å²) < 4.78 is 0. The molecule has 152 valence electrons. The molecule has 0 saturated heterocycles. The van der Waals surface area contributed by atoms with Crippen LogP contribution in [-0.2, 0) is 0 Å². The van der Waals surface area contributed by atoms with Crippen molar-refractivity contribution in [2.75, 3.05) is 6.54 Å². The molecular formula is C22H32N4S2. The number of hydrogen-bond acceptors (Lipinski definition) is 2. The maximum absolute atomic E-state index is 5.65. The van der Waals surface area contributed by atoms with Crippen LogP contribution in [0, 0.1) is 29.6 Å². The van der Waals surface area contributed by atoms with E-state index in [9.17, 15) is 0 Å². The predicted octanol–water partition coefficient (Wildman–Crippen LogP) is 3.01. The van der Waals surface area contributed by atoms with Crippen LogP contribution in [0.3, 0.4) is 0 Å². The molecule has 0 amide bonds. The van der Waals surface area contributed by atoms with Crippen LogP contribution in [0.4, 0.5) is 0 Å². The lowest BCUT2D eigenvalue weighted by molar-refractivity contribution is 0.431. The van der Waals surface area contributed by atoms with Crippen molar-refractivity contribution < 1.29 is 0 Å². The van der Waals surface area contributed by atoms with Gasteiger partial charge in [0.15, 0.2) is 10.2 Å². The van der Waals surface area contributed by atoms with Crippen molar-refractivity contribution in [3.63, 3.8) is 0 Å². The van der Waals surface area contributed by atoms with Crippen molar-refractivity contribution in [3.8, 4) is 0 Å². The van der Waals surface area contributed by atoms with E-state index in [1.165, 1.54) is 44.9 Å². The smallest absolute Gasteiger partial charge is 0.166 e. The highest BCUT2D eigenvalue weighted by Crippen LogP contribution is 2.39. The third-order valence-electron chi connectivity index (χ3n) is 7.69. The van der Waals surface area contributed by atoms with Gasteiger partial charge in [-0.05, 0) is 92.6 Å². The first-order valence-electron chi connectivity index (χ1n) is 11.1. The molecule has 5 aliphatic carbocycles. The van der Waals surface area contributed by atoms with Gasteiger partial charge in [0, 0.05) is 24.7 Å². The topological polar surface area (TPSA) is 48.1 Å². The van der Waals surface area contributed by atoms with Gasteiger partial charge < -0.3 is 21.3 Å². The molecule has 0 spiro atoms. The van der Waals surface area contributed by atoms with Crippen LogP contribution in [0.5, 0.6) is 0 Å². The van der Waals surface area contributed by atoms with Crippen LogP contribution in [0.1, 0.15) is 44.9 Å². The third kappa shape index (κ3) is 3.95. The largest absolute Gasteiger partial charge is 0.362 e. The summed E-state index contributed by atoms with van der Waals surface area (Å²) in [6, 6.07) is 1.51. The van der Waals surface area contributed by atoms with Crippen molar-refractivity contribution in [2.24, 2.45) is 29.6 Å². The first kappa shape index (κ1) is 18.9. The van der Waals surface area contributed by atoms with Gasteiger partial charge in [0.2, 0.25) is 0 Å². The van der Waals surface area contributed by atoms with Crippen LogP contribution >= 0.6 is 24.4 Å². The molecule has 8 atom stereocenters. The van der Waals surface area contributed by atoms with E-state index in [2.05, 4.69) is 45.6 Å². The summed E-state index contributed by atoms with van der Waals surface area (Å²) in [6.07, 6.45) is 18.3. The summed E-state index contributed by atoms with van der Waals surface area (Å²) in [5, 5.41) is 15.9. The minimum absolute atomic E-state index is 0.454. The Morgan fingerprint density at radius 3 is 1.89 bits per heavy atom. The molecule has 0 radical (unpaired) electrons. The van der Waals surface area contributed by atoms with Gasteiger partial charge in [0.05, 0.1) is 0 Å². The molecule has 28 heavy (non-hydrogen) atoms. The lowest BCUT2D eigenvalue weighted by Gasteiger charge is -2.27. The van der Waals surface area contributed by atoms with Gasteiger partial charge in [-0.2, -0.15) is 0 Å². The zero-order valence-corrected chi connectivity index (χ0v) is 18.0. The lowest BCUT2D eigenvalue weighted by Crippen LogP contribution is -2.50. The average Bonchev–Trinajstić information content (AvgIpc) is 3.47. The van der Waals surface area contributed by atoms with E-state index in [0.717, 1.165) is 28.6 Å². The lowest BCUT2D eigenvalue weighted by atomic mass is 10.0. The minimum atomic E-state index is 0.454. The Morgan fingerprint density at radius 1 is 0.714 bits per heavy atom. The molecule has 4 bridgehead atoms. The van der Waals surface area contributed by atoms with Crippen molar-refractivity contribution in [3.05, 3.63) is 24.3 Å². The van der Waals surface area contributed by atoms with E-state index < -0.39 is 0 Å². The summed E-state index contributed by atoms with van der Waals surface area (Å²) in [5.41, 5.74) is 0. The zero-order chi connectivity index (χ0) is 19.1. The number of allylic oxidation sites excluding steroid dienone is 2. The Morgan fingerprint density at radius 2 is 1.32 bits per heavy atom. The van der Waals surface area contributed by atoms with Gasteiger partial charge in [-0.15, -0.1) is 0 Å². The summed E-state index contributed by atoms with van der Waals surface area (Å²) >= 11 is 11.2. The monoisotopic (exact) mass is 416 g/mol. The number of thiocarbonyl (C=S) groups is 2. The number of nitrogens with one attached hydrogen (secondary N) is 4. The molecule has 0 aromatic rings. The van der Waals surface area contributed by atoms with Crippen molar-refractivity contribution in [1.82, 2.24) is 21.3 Å². The summed E-state index contributed by atoms with van der Waals surface area (Å²) in [4.78, 5) is 0. The second-order valence-electron chi connectivity index (χ2n) is 9.54. The van der Waals surface area contributed by atoms with Gasteiger partial charge in [0.1, 0.15) is 0 Å². The molecule has 5 aliphatic rings. The first-order valence-corrected chi connectivity index (χ1v) is 11.9. The molecule has 6 heteroatoms. The van der Waals surface area contributed by atoms with Crippen LogP contribution in [0.25, 0.3) is 0 Å². The molecule has 4 nitrogen and oxygen atoms in total. The maximum Gasteiger partial charge on any atom is 0.166 e. The van der Waals surface area contributed by atoms with Crippen molar-refractivity contribution in [1.29, 1.82) is 0 Å². The molecule has 0 aliphatic heterocycles. The van der Waals surface area contributed by atoms with Gasteiger partial charge in [-0.1, -0.05) is 30.7 Å². The SMILES string of the molecule is S=C(NC[C@@H]1CCC[C@H]1NC(=S)N[C@@H]1C[C@@H]2C=C[C@@H]1C2)N[C@@H]1C[C@@H]2C=C[C@@H]1C2. The average molecular weight is 417 g/mol. The predicted molar refractivity (Wildman–Crippen MR) is 122 cm³/mol. The van der Waals surface area contributed by atoms with Crippen LogP contribution < -0.4 is 21.3 Å². The molecule has 4 N–H and O–H groups in total. The first-order chi connectivity index (χ1) is 13.6. The Hall–Kier alpha value is -1.14. The van der Waals surface area contributed by atoms with Gasteiger partial charge >= 0.3 is 0 Å². The summed E-state index contributed by atoms with van der Waals surface area (Å²) in [5.74, 6) is 3.48. The van der Waals surface area contributed by atoms with Crippen molar-refractivity contribution >= 4 is 34.7 Å². The third-order valence-corrected chi connectivity index (χ3v) is 8.19. The fourth-order valence-corrected chi connectivity index (χ4v) is 6.72. The zero-order valence-electron chi connectivity index (χ0n) is 16.4. The van der Waals surface area contributed by atoms with Crippen LogP contribution in [0.2, 0.25) is 0 Å². The quantitative estimate of drug-likeness (QED) is 0.408. The van der Waals surface area contributed by atoms with E-state index in [4.69, 9.17) is 24.4 Å². The minimum Gasteiger partial charge on any atom is -0.362 e. The summed E-state index contributed by atoms with van der Waals surface area (Å²) in [6.45, 7) is 0.930. The van der Waals surface area contributed by atoms with Gasteiger partial charge in [-0.25, -0.2) is 0 Å². The molecule has 5 rings (SSSR count). The molecule has 0 aromatic carbocycles. The van der Waals surface area contributed by atoms with E-state index >= 15 is 0 Å². The fraction of sp³-hybridized carbons (Fsp3) is 0.727. The van der Waals surface area contributed by atoms with Crippen molar-refractivity contribution in [2.45, 2.75) is 63.1 Å². The summed E-state index contributed by atoms with van der Waals surface area (Å²) in [7, 11) is 0. The molecule has 0 aromatic heterocycles. The molecule has 0 unspecified atom stereocenters. The van der Waals surface area contributed by atoms with Gasteiger partial charge in [-0.3, -0.25) is 0 Å². The highest BCUT2D eigenvalue weighted by Gasteiger charge is 2.37. The van der Waals surface area contributed by atoms with E-state index in [1.54, 1.807) is 0 Å². The molecule has 0 heterocycles. The van der Waals surface area contributed by atoms with Crippen LogP contribution in [-0.4, -0.2) is 34.9 Å². The van der Waals surface area contributed by atoms with Crippen LogP contribution in [0.15, 0.2) is 24.3 Å². The highest BCUT2D eigenvalue weighted by atomic mass is 32.1. The van der Waals surface area contributed by atoms with E-state index in [0.29, 0.717) is 35.9 Å². The second-order valence-corrected chi connectivity index (χ2v) is 10.4. The van der Waals surface area contributed by atoms with E-state index in [-0.39, 0.29) is 0 Å². The Bertz CT molecular complexity index is 690. The molecule has 3 saturated carbocycles. The van der Waals surface area contributed by atoms with Gasteiger partial charge in [0.25, 0.3) is 0 Å². The maximum atomic E-state index is 5.65. The van der Waals surface area contributed by atoms with E-state index in [1.807, 2.05) is 0 Å². The molecule has 3 fully saturated rings. The highest BCUT2D eigenvalue weighted by molar-refractivity contribution is 7.80. The number of hydrogen-bond donors (Lipinski definition) is 4. The Labute approximate surface area is 179 Å². The Kier molecular flexibility index (Phi) is 5.35. The number of rotatable bonds is 5. The second kappa shape index (κ2) is 7.94. The number of fused-ring (bicyclic) bond motifs is 4. The standard InChI is InChI=1S/C22H32N4S2/c27-21(25-19-10-13-4-6-15(19)8-13)23-12-17-2-1-3-18(17)24-22(28)26-20-11-14-5-7-16(20)9-14/h4-7,13-20H,1-3,8-12H2,(H2,23,25,27)(H2,24,26,28)/t13-,14-,15-,16-,17+,18-,19-,20-/m1/s1. The Balaban J connectivity index is 1.05.